The van der Waals surface area contributed by atoms with E-state index in [-0.39, 0.29) is 5.69 Å². The highest BCUT2D eigenvalue weighted by Gasteiger charge is 2.17. The summed E-state index contributed by atoms with van der Waals surface area (Å²) in [6.07, 6.45) is -0.833. The first-order chi connectivity index (χ1) is 7.60. The van der Waals surface area contributed by atoms with Gasteiger partial charge in [0.1, 0.15) is 5.75 Å². The standard InChI is InChI=1S/C10H14N2O4/c1-11-6-9(13)8-5-7(12(14)15)3-4-10(8)16-2/h3-5,9,11,13H,6H2,1-2H3. The lowest BCUT2D eigenvalue weighted by Gasteiger charge is -2.13. The Morgan fingerprint density at radius 2 is 2.31 bits per heavy atom. The topological polar surface area (TPSA) is 84.6 Å². The van der Waals surface area contributed by atoms with Crippen LogP contribution >= 0.6 is 0 Å². The van der Waals surface area contributed by atoms with Gasteiger partial charge in [-0.3, -0.25) is 10.1 Å². The molecule has 1 unspecified atom stereocenters. The Balaban J connectivity index is 3.11. The van der Waals surface area contributed by atoms with Crippen LogP contribution < -0.4 is 10.1 Å². The Kier molecular flexibility index (Phi) is 4.21. The maximum Gasteiger partial charge on any atom is 0.270 e. The number of non-ortho nitro benzene ring substituents is 1. The minimum Gasteiger partial charge on any atom is -0.496 e. The van der Waals surface area contributed by atoms with Crippen molar-refractivity contribution in [3.05, 3.63) is 33.9 Å². The largest absolute Gasteiger partial charge is 0.496 e. The van der Waals surface area contributed by atoms with Crippen molar-refractivity contribution in [2.24, 2.45) is 0 Å². The summed E-state index contributed by atoms with van der Waals surface area (Å²) >= 11 is 0. The third kappa shape index (κ3) is 2.68. The number of rotatable bonds is 5. The molecule has 1 atom stereocenters. The monoisotopic (exact) mass is 226 g/mol. The van der Waals surface area contributed by atoms with Crippen molar-refractivity contribution >= 4 is 5.69 Å². The Hall–Kier alpha value is -1.66. The number of aliphatic hydroxyl groups is 1. The molecule has 1 aromatic rings. The second kappa shape index (κ2) is 5.43. The van der Waals surface area contributed by atoms with Gasteiger partial charge in [0.25, 0.3) is 5.69 Å². The van der Waals surface area contributed by atoms with Gasteiger partial charge in [-0.15, -0.1) is 0 Å². The summed E-state index contributed by atoms with van der Waals surface area (Å²) in [5, 5.41) is 23.2. The van der Waals surface area contributed by atoms with Crippen molar-refractivity contribution in [3.63, 3.8) is 0 Å². The molecule has 6 nitrogen and oxygen atoms in total. The van der Waals surface area contributed by atoms with E-state index in [4.69, 9.17) is 4.74 Å². The highest BCUT2D eigenvalue weighted by molar-refractivity contribution is 5.45. The minimum absolute atomic E-state index is 0.0639. The molecular weight excluding hydrogens is 212 g/mol. The molecule has 1 aromatic carbocycles. The van der Waals surface area contributed by atoms with E-state index in [2.05, 4.69) is 5.32 Å². The molecule has 0 aromatic heterocycles. The summed E-state index contributed by atoms with van der Waals surface area (Å²) in [6, 6.07) is 4.14. The van der Waals surface area contributed by atoms with E-state index in [1.165, 1.54) is 25.3 Å². The van der Waals surface area contributed by atoms with E-state index in [0.717, 1.165) is 0 Å². The first kappa shape index (κ1) is 12.4. The van der Waals surface area contributed by atoms with Crippen LogP contribution in [0.3, 0.4) is 0 Å². The highest BCUT2D eigenvalue weighted by atomic mass is 16.6. The quantitative estimate of drug-likeness (QED) is 0.574. The van der Waals surface area contributed by atoms with Gasteiger partial charge in [-0.1, -0.05) is 0 Å². The van der Waals surface area contributed by atoms with Crippen LogP contribution in [0.25, 0.3) is 0 Å². The molecule has 0 spiro atoms. The van der Waals surface area contributed by atoms with E-state index in [1.54, 1.807) is 7.05 Å². The number of nitrogens with one attached hydrogen (secondary N) is 1. The number of likely N-dealkylation sites (N-methyl/N-ethyl adjacent to an activating group) is 1. The van der Waals surface area contributed by atoms with Crippen LogP contribution in [-0.2, 0) is 0 Å². The van der Waals surface area contributed by atoms with Crippen LogP contribution in [0.1, 0.15) is 11.7 Å². The van der Waals surface area contributed by atoms with Crippen molar-refractivity contribution in [1.29, 1.82) is 0 Å². The van der Waals surface area contributed by atoms with Crippen LogP contribution in [0, 0.1) is 10.1 Å². The SMILES string of the molecule is CNCC(O)c1cc([N+](=O)[O-])ccc1OC. The second-order valence-electron chi connectivity index (χ2n) is 3.26. The van der Waals surface area contributed by atoms with Gasteiger partial charge in [-0.05, 0) is 13.1 Å². The van der Waals surface area contributed by atoms with Gasteiger partial charge in [0.05, 0.1) is 18.1 Å². The molecule has 0 saturated heterocycles. The fraction of sp³-hybridized carbons (Fsp3) is 0.400. The van der Waals surface area contributed by atoms with Crippen LogP contribution in [0.15, 0.2) is 18.2 Å². The fourth-order valence-corrected chi connectivity index (χ4v) is 1.40. The first-order valence-electron chi connectivity index (χ1n) is 4.75. The Morgan fingerprint density at radius 1 is 1.62 bits per heavy atom. The van der Waals surface area contributed by atoms with Gasteiger partial charge >= 0.3 is 0 Å². The number of methoxy groups -OCH3 is 1. The molecule has 0 fully saturated rings. The number of hydrogen-bond donors (Lipinski definition) is 2. The van der Waals surface area contributed by atoms with Crippen LogP contribution in [-0.4, -0.2) is 30.7 Å². The van der Waals surface area contributed by atoms with Gasteiger partial charge < -0.3 is 15.2 Å². The zero-order valence-corrected chi connectivity index (χ0v) is 9.14. The Morgan fingerprint density at radius 3 is 2.81 bits per heavy atom. The molecule has 0 bridgehead atoms. The molecule has 0 saturated carbocycles. The Labute approximate surface area is 93.0 Å². The summed E-state index contributed by atoms with van der Waals surface area (Å²) in [5.74, 6) is 0.438. The third-order valence-electron chi connectivity index (χ3n) is 2.18. The lowest BCUT2D eigenvalue weighted by atomic mass is 10.1. The third-order valence-corrected chi connectivity index (χ3v) is 2.18. The molecule has 0 aliphatic carbocycles. The molecule has 0 heterocycles. The lowest BCUT2D eigenvalue weighted by Crippen LogP contribution is -2.17. The summed E-state index contributed by atoms with van der Waals surface area (Å²) in [5.41, 5.74) is 0.344. The molecule has 2 N–H and O–H groups in total. The molecule has 6 heteroatoms. The fourth-order valence-electron chi connectivity index (χ4n) is 1.40. The number of benzene rings is 1. The van der Waals surface area contributed by atoms with E-state index < -0.39 is 11.0 Å². The van der Waals surface area contributed by atoms with Crippen LogP contribution in [0.4, 0.5) is 5.69 Å². The number of nitro benzene ring substituents is 1. The minimum atomic E-state index is -0.833. The molecule has 0 aliphatic heterocycles. The van der Waals surface area contributed by atoms with Crippen LogP contribution in [0.5, 0.6) is 5.75 Å². The average Bonchev–Trinajstić information content (AvgIpc) is 2.28. The summed E-state index contributed by atoms with van der Waals surface area (Å²) in [6.45, 7) is 0.303. The number of hydrogen-bond acceptors (Lipinski definition) is 5. The van der Waals surface area contributed by atoms with E-state index in [1.807, 2.05) is 0 Å². The molecule has 0 amide bonds. The first-order valence-corrected chi connectivity index (χ1v) is 4.75. The number of ether oxygens (including phenoxy) is 1. The van der Waals surface area contributed by atoms with Crippen molar-refractivity contribution < 1.29 is 14.8 Å². The predicted molar refractivity (Wildman–Crippen MR) is 58.5 cm³/mol. The van der Waals surface area contributed by atoms with E-state index in [0.29, 0.717) is 17.9 Å². The van der Waals surface area contributed by atoms with E-state index >= 15 is 0 Å². The van der Waals surface area contributed by atoms with E-state index in [9.17, 15) is 15.2 Å². The van der Waals surface area contributed by atoms with Gasteiger partial charge in [-0.25, -0.2) is 0 Å². The predicted octanol–water partition coefficient (Wildman–Crippen LogP) is 0.856. The zero-order chi connectivity index (χ0) is 12.1. The average molecular weight is 226 g/mol. The van der Waals surface area contributed by atoms with Gasteiger partial charge in [0, 0.05) is 24.2 Å². The zero-order valence-electron chi connectivity index (χ0n) is 9.14. The molecule has 0 aliphatic rings. The smallest absolute Gasteiger partial charge is 0.270 e. The lowest BCUT2D eigenvalue weighted by molar-refractivity contribution is -0.385. The van der Waals surface area contributed by atoms with Gasteiger partial charge in [0.2, 0.25) is 0 Å². The number of nitrogens with zero attached hydrogens (tertiary/aromatic N) is 1. The molecule has 16 heavy (non-hydrogen) atoms. The van der Waals surface area contributed by atoms with Crippen molar-refractivity contribution in [3.8, 4) is 5.75 Å². The molecule has 0 radical (unpaired) electrons. The maximum atomic E-state index is 10.6. The second-order valence-corrected chi connectivity index (χ2v) is 3.26. The van der Waals surface area contributed by atoms with Crippen molar-refractivity contribution in [1.82, 2.24) is 5.32 Å². The summed E-state index contributed by atoms with van der Waals surface area (Å²) < 4.78 is 5.04. The van der Waals surface area contributed by atoms with Crippen molar-refractivity contribution in [2.45, 2.75) is 6.10 Å². The molecular formula is C10H14N2O4. The van der Waals surface area contributed by atoms with Gasteiger partial charge in [0.15, 0.2) is 0 Å². The normalized spacial score (nSPS) is 12.2. The van der Waals surface area contributed by atoms with Crippen molar-refractivity contribution in [2.75, 3.05) is 20.7 Å². The summed E-state index contributed by atoms with van der Waals surface area (Å²) in [7, 11) is 3.14. The highest BCUT2D eigenvalue weighted by Crippen LogP contribution is 2.28. The molecule has 1 rings (SSSR count). The Bertz CT molecular complexity index is 381. The summed E-state index contributed by atoms with van der Waals surface area (Å²) in [4.78, 5) is 10.1. The van der Waals surface area contributed by atoms with Gasteiger partial charge in [-0.2, -0.15) is 0 Å². The molecule has 88 valence electrons. The number of aliphatic hydroxyl groups excluding tert-OH is 1. The maximum absolute atomic E-state index is 10.6. The van der Waals surface area contributed by atoms with Crippen LogP contribution in [0.2, 0.25) is 0 Å². The number of nitro groups is 1.